The molecule has 0 aromatic carbocycles. The van der Waals surface area contributed by atoms with Crippen LogP contribution in [0.5, 0.6) is 0 Å². The van der Waals surface area contributed by atoms with E-state index in [4.69, 9.17) is 20.8 Å². The van der Waals surface area contributed by atoms with Crippen LogP contribution >= 0.6 is 24.0 Å². The van der Waals surface area contributed by atoms with Gasteiger partial charge in [0.2, 0.25) is 5.89 Å². The molecule has 1 saturated heterocycles. The van der Waals surface area contributed by atoms with Crippen LogP contribution in [0, 0.1) is 0 Å². The number of morpholine rings is 1. The van der Waals surface area contributed by atoms with Crippen LogP contribution < -0.4 is 4.90 Å². The molecular formula is C7H11Cl2N3O2. The fourth-order valence-corrected chi connectivity index (χ4v) is 1.29. The van der Waals surface area contributed by atoms with E-state index in [-0.39, 0.29) is 18.3 Å². The summed E-state index contributed by atoms with van der Waals surface area (Å²) in [6.45, 7) is 3.00. The SMILES string of the molecule is Cl.ClCc1nnc(N2CCOCC2)o1. The number of hydrogen-bond donors (Lipinski definition) is 0. The molecule has 1 aromatic rings. The fourth-order valence-electron chi connectivity index (χ4n) is 1.18. The molecule has 1 fully saturated rings. The number of alkyl halides is 1. The molecule has 0 aliphatic carbocycles. The zero-order chi connectivity index (χ0) is 9.10. The summed E-state index contributed by atoms with van der Waals surface area (Å²) in [4.78, 5) is 1.99. The summed E-state index contributed by atoms with van der Waals surface area (Å²) in [6, 6.07) is 0.541. The Morgan fingerprint density at radius 2 is 2.00 bits per heavy atom. The molecule has 7 heteroatoms. The smallest absolute Gasteiger partial charge is 0.318 e. The molecule has 1 aromatic heterocycles. The lowest BCUT2D eigenvalue weighted by Crippen LogP contribution is -2.36. The van der Waals surface area contributed by atoms with E-state index in [2.05, 4.69) is 10.2 Å². The first kappa shape index (κ1) is 11.6. The number of halogens is 2. The Balaban J connectivity index is 0.000000980. The minimum absolute atomic E-state index is 0. The van der Waals surface area contributed by atoms with Crippen molar-refractivity contribution in [3.63, 3.8) is 0 Å². The number of rotatable bonds is 2. The minimum Gasteiger partial charge on any atom is -0.407 e. The molecule has 0 atom stereocenters. The van der Waals surface area contributed by atoms with Crippen molar-refractivity contribution in [1.82, 2.24) is 10.2 Å². The fraction of sp³-hybridized carbons (Fsp3) is 0.714. The van der Waals surface area contributed by atoms with Gasteiger partial charge >= 0.3 is 6.01 Å². The largest absolute Gasteiger partial charge is 0.407 e. The molecule has 0 radical (unpaired) electrons. The van der Waals surface area contributed by atoms with Gasteiger partial charge in [0, 0.05) is 13.1 Å². The van der Waals surface area contributed by atoms with Crippen molar-refractivity contribution in [3.05, 3.63) is 5.89 Å². The van der Waals surface area contributed by atoms with Crippen molar-refractivity contribution in [2.75, 3.05) is 31.2 Å². The van der Waals surface area contributed by atoms with Crippen LogP contribution in [0.1, 0.15) is 5.89 Å². The highest BCUT2D eigenvalue weighted by molar-refractivity contribution is 6.16. The molecule has 1 aliphatic heterocycles. The second kappa shape index (κ2) is 5.38. The number of ether oxygens (including phenoxy) is 1. The highest BCUT2D eigenvalue weighted by Crippen LogP contribution is 2.14. The molecule has 2 rings (SSSR count). The maximum absolute atomic E-state index is 5.54. The highest BCUT2D eigenvalue weighted by atomic mass is 35.5. The second-order valence-electron chi connectivity index (χ2n) is 2.71. The van der Waals surface area contributed by atoms with Crippen LogP contribution in [0.2, 0.25) is 0 Å². The number of nitrogens with zero attached hydrogens (tertiary/aromatic N) is 3. The molecule has 0 unspecified atom stereocenters. The van der Waals surface area contributed by atoms with Gasteiger partial charge in [-0.2, -0.15) is 0 Å². The van der Waals surface area contributed by atoms with E-state index in [1.165, 1.54) is 0 Å². The molecule has 2 heterocycles. The van der Waals surface area contributed by atoms with Crippen molar-refractivity contribution >= 4 is 30.0 Å². The average Bonchev–Trinajstić information content (AvgIpc) is 2.67. The lowest BCUT2D eigenvalue weighted by Gasteiger charge is -2.24. The van der Waals surface area contributed by atoms with E-state index >= 15 is 0 Å². The van der Waals surface area contributed by atoms with Crippen molar-refractivity contribution in [1.29, 1.82) is 0 Å². The van der Waals surface area contributed by atoms with Crippen LogP contribution in [-0.2, 0) is 10.6 Å². The number of anilines is 1. The van der Waals surface area contributed by atoms with Crippen LogP contribution in [0.25, 0.3) is 0 Å². The Kier molecular flexibility index (Phi) is 4.44. The molecule has 0 N–H and O–H groups in total. The van der Waals surface area contributed by atoms with Gasteiger partial charge in [0.1, 0.15) is 5.88 Å². The Bertz CT molecular complexity index is 276. The summed E-state index contributed by atoms with van der Waals surface area (Å²) in [7, 11) is 0. The Labute approximate surface area is 92.8 Å². The summed E-state index contributed by atoms with van der Waals surface area (Å²) in [5, 5.41) is 7.66. The van der Waals surface area contributed by atoms with Gasteiger partial charge in [0.25, 0.3) is 0 Å². The van der Waals surface area contributed by atoms with E-state index in [0.717, 1.165) is 13.1 Å². The van der Waals surface area contributed by atoms with Gasteiger partial charge in [0.15, 0.2) is 0 Å². The lowest BCUT2D eigenvalue weighted by molar-refractivity contribution is 0.120. The van der Waals surface area contributed by atoms with Gasteiger partial charge in [0.05, 0.1) is 13.2 Å². The first-order valence-electron chi connectivity index (χ1n) is 4.11. The van der Waals surface area contributed by atoms with Crippen molar-refractivity contribution in [2.24, 2.45) is 0 Å². The maximum Gasteiger partial charge on any atom is 0.318 e. The van der Waals surface area contributed by atoms with Crippen molar-refractivity contribution < 1.29 is 9.15 Å². The van der Waals surface area contributed by atoms with Crippen molar-refractivity contribution in [2.45, 2.75) is 5.88 Å². The summed E-state index contributed by atoms with van der Waals surface area (Å²) >= 11 is 5.54. The van der Waals surface area contributed by atoms with E-state index in [0.29, 0.717) is 25.1 Å². The number of hydrogen-bond acceptors (Lipinski definition) is 5. The highest BCUT2D eigenvalue weighted by Gasteiger charge is 2.16. The topological polar surface area (TPSA) is 51.4 Å². The lowest BCUT2D eigenvalue weighted by atomic mass is 10.5. The predicted octanol–water partition coefficient (Wildman–Crippen LogP) is 1.07. The third-order valence-electron chi connectivity index (χ3n) is 1.85. The van der Waals surface area contributed by atoms with Crippen LogP contribution in [0.4, 0.5) is 6.01 Å². The molecule has 0 amide bonds. The average molecular weight is 240 g/mol. The minimum atomic E-state index is 0. The normalized spacial score (nSPS) is 16.5. The third kappa shape index (κ3) is 2.50. The molecule has 0 saturated carbocycles. The van der Waals surface area contributed by atoms with Crippen LogP contribution in [0.3, 0.4) is 0 Å². The van der Waals surface area contributed by atoms with E-state index in [1.807, 2.05) is 4.90 Å². The summed E-state index contributed by atoms with van der Waals surface area (Å²) in [6.07, 6.45) is 0. The van der Waals surface area contributed by atoms with Gasteiger partial charge in [-0.15, -0.1) is 29.1 Å². The molecule has 0 spiro atoms. The van der Waals surface area contributed by atoms with Gasteiger partial charge in [-0.1, -0.05) is 5.10 Å². The first-order chi connectivity index (χ1) is 6.40. The third-order valence-corrected chi connectivity index (χ3v) is 2.08. The second-order valence-corrected chi connectivity index (χ2v) is 2.98. The van der Waals surface area contributed by atoms with Gasteiger partial charge in [-0.05, 0) is 0 Å². The molecule has 1 aliphatic rings. The van der Waals surface area contributed by atoms with E-state index in [9.17, 15) is 0 Å². The quantitative estimate of drug-likeness (QED) is 0.723. The Morgan fingerprint density at radius 1 is 1.29 bits per heavy atom. The maximum atomic E-state index is 5.54. The number of aromatic nitrogens is 2. The van der Waals surface area contributed by atoms with Gasteiger partial charge < -0.3 is 14.1 Å². The van der Waals surface area contributed by atoms with E-state index in [1.54, 1.807) is 0 Å². The van der Waals surface area contributed by atoms with Gasteiger partial charge in [-0.25, -0.2) is 0 Å². The van der Waals surface area contributed by atoms with Crippen LogP contribution in [-0.4, -0.2) is 36.5 Å². The Morgan fingerprint density at radius 3 is 2.57 bits per heavy atom. The molecule has 80 valence electrons. The monoisotopic (exact) mass is 239 g/mol. The zero-order valence-corrected chi connectivity index (χ0v) is 9.05. The molecule has 5 nitrogen and oxygen atoms in total. The zero-order valence-electron chi connectivity index (χ0n) is 7.48. The Hall–Kier alpha value is -0.520. The summed E-state index contributed by atoms with van der Waals surface area (Å²) in [5.41, 5.74) is 0. The predicted molar refractivity (Wildman–Crippen MR) is 54.1 cm³/mol. The summed E-state index contributed by atoms with van der Waals surface area (Å²) < 4.78 is 10.5. The van der Waals surface area contributed by atoms with Crippen LogP contribution in [0.15, 0.2) is 4.42 Å². The first-order valence-corrected chi connectivity index (χ1v) is 4.64. The standard InChI is InChI=1S/C7H10ClN3O2.ClH/c8-5-6-9-10-7(13-6)11-1-3-12-4-2-11;/h1-5H2;1H. The van der Waals surface area contributed by atoms with Crippen molar-refractivity contribution in [3.8, 4) is 0 Å². The van der Waals surface area contributed by atoms with E-state index < -0.39 is 0 Å². The molecular weight excluding hydrogens is 229 g/mol. The molecule has 0 bridgehead atoms. The summed E-state index contributed by atoms with van der Waals surface area (Å²) in [5.74, 6) is 0.723. The van der Waals surface area contributed by atoms with Gasteiger partial charge in [-0.3, -0.25) is 0 Å². The molecule has 14 heavy (non-hydrogen) atoms.